The van der Waals surface area contributed by atoms with E-state index >= 15 is 0 Å². The summed E-state index contributed by atoms with van der Waals surface area (Å²) >= 11 is 5.81. The van der Waals surface area contributed by atoms with E-state index in [1.807, 2.05) is 24.3 Å². The Kier molecular flexibility index (Phi) is 4.00. The fourth-order valence-corrected chi connectivity index (χ4v) is 2.02. The van der Waals surface area contributed by atoms with Crippen molar-refractivity contribution in [1.82, 2.24) is 0 Å². The lowest BCUT2D eigenvalue weighted by Gasteiger charge is -2.10. The summed E-state index contributed by atoms with van der Waals surface area (Å²) in [5, 5.41) is 1.86. The number of aldehydes is 1. The summed E-state index contributed by atoms with van der Waals surface area (Å²) in [5.41, 5.74) is 1.54. The van der Waals surface area contributed by atoms with Crippen LogP contribution < -0.4 is 4.74 Å². The van der Waals surface area contributed by atoms with E-state index in [4.69, 9.17) is 16.3 Å². The molecule has 0 aliphatic heterocycles. The van der Waals surface area contributed by atoms with Gasteiger partial charge in [0.25, 0.3) is 0 Å². The van der Waals surface area contributed by atoms with Crippen LogP contribution in [0.2, 0.25) is 0 Å². The molecule has 0 aromatic heterocycles. The zero-order valence-electron chi connectivity index (χ0n) is 9.86. The van der Waals surface area contributed by atoms with E-state index in [2.05, 4.69) is 6.58 Å². The molecule has 0 bridgehead atoms. The van der Waals surface area contributed by atoms with E-state index in [1.54, 1.807) is 12.1 Å². The van der Waals surface area contributed by atoms with Gasteiger partial charge in [-0.3, -0.25) is 4.79 Å². The topological polar surface area (TPSA) is 26.3 Å². The lowest BCUT2D eigenvalue weighted by Crippen LogP contribution is -1.97. The Morgan fingerprint density at radius 3 is 2.72 bits per heavy atom. The number of halogens is 1. The monoisotopic (exact) mass is 260 g/mol. The average molecular weight is 261 g/mol. The molecule has 0 N–H and O–H groups in total. The Morgan fingerprint density at radius 2 is 2.06 bits per heavy atom. The summed E-state index contributed by atoms with van der Waals surface area (Å²) in [6.07, 6.45) is 2.47. The molecule has 0 amide bonds. The normalized spacial score (nSPS) is 10.3. The van der Waals surface area contributed by atoms with E-state index in [0.717, 1.165) is 22.6 Å². The summed E-state index contributed by atoms with van der Waals surface area (Å²) in [7, 11) is 0. The standard InChI is InChI=1S/C15H13ClO2/c1-2-7-18-15-6-5-12-4-3-11(9-16)8-13(12)14(15)10-17/h2-6,8,10H,1,7,9H2. The largest absolute Gasteiger partial charge is 0.489 e. The first-order chi connectivity index (χ1) is 8.80. The molecule has 0 fully saturated rings. The van der Waals surface area contributed by atoms with Gasteiger partial charge in [0.15, 0.2) is 6.29 Å². The third kappa shape index (κ3) is 2.39. The molecule has 2 aromatic carbocycles. The summed E-state index contributed by atoms with van der Waals surface area (Å²) < 4.78 is 5.48. The molecule has 2 nitrogen and oxygen atoms in total. The van der Waals surface area contributed by atoms with Gasteiger partial charge in [-0.1, -0.05) is 30.9 Å². The molecular weight excluding hydrogens is 248 g/mol. The first-order valence-electron chi connectivity index (χ1n) is 5.60. The molecule has 0 unspecified atom stereocenters. The first kappa shape index (κ1) is 12.7. The van der Waals surface area contributed by atoms with Crippen molar-refractivity contribution in [1.29, 1.82) is 0 Å². The van der Waals surface area contributed by atoms with Gasteiger partial charge in [0.1, 0.15) is 12.4 Å². The van der Waals surface area contributed by atoms with Crippen molar-refractivity contribution in [3.63, 3.8) is 0 Å². The highest BCUT2D eigenvalue weighted by Crippen LogP contribution is 2.28. The first-order valence-corrected chi connectivity index (χ1v) is 6.14. The predicted molar refractivity (Wildman–Crippen MR) is 74.6 cm³/mol. The van der Waals surface area contributed by atoms with Gasteiger partial charge >= 0.3 is 0 Å². The van der Waals surface area contributed by atoms with E-state index in [0.29, 0.717) is 23.8 Å². The van der Waals surface area contributed by atoms with E-state index in [-0.39, 0.29) is 0 Å². The Morgan fingerprint density at radius 1 is 1.28 bits per heavy atom. The van der Waals surface area contributed by atoms with Crippen molar-refractivity contribution in [3.05, 3.63) is 54.1 Å². The molecule has 0 radical (unpaired) electrons. The van der Waals surface area contributed by atoms with Gasteiger partial charge < -0.3 is 4.74 Å². The van der Waals surface area contributed by atoms with Gasteiger partial charge in [-0.15, -0.1) is 11.6 Å². The third-order valence-electron chi connectivity index (χ3n) is 2.72. The highest BCUT2D eigenvalue weighted by atomic mass is 35.5. The molecule has 0 spiro atoms. The Balaban J connectivity index is 2.60. The van der Waals surface area contributed by atoms with Crippen LogP contribution in [0.5, 0.6) is 5.75 Å². The zero-order valence-corrected chi connectivity index (χ0v) is 10.6. The SMILES string of the molecule is C=CCOc1ccc2ccc(CCl)cc2c1C=O. The molecule has 92 valence electrons. The second-order valence-corrected chi connectivity index (χ2v) is 4.15. The lowest BCUT2D eigenvalue weighted by molar-refractivity contribution is 0.112. The van der Waals surface area contributed by atoms with Gasteiger partial charge in [-0.05, 0) is 28.5 Å². The lowest BCUT2D eigenvalue weighted by atomic mass is 10.0. The second kappa shape index (κ2) is 5.69. The molecule has 0 heterocycles. The zero-order chi connectivity index (χ0) is 13.0. The number of alkyl halides is 1. The number of rotatable bonds is 5. The summed E-state index contributed by atoms with van der Waals surface area (Å²) in [6.45, 7) is 3.97. The molecular formula is C15H13ClO2. The highest BCUT2D eigenvalue weighted by molar-refractivity contribution is 6.17. The Bertz CT molecular complexity index is 590. The Labute approximate surface area is 111 Å². The summed E-state index contributed by atoms with van der Waals surface area (Å²) in [5.74, 6) is 0.996. The van der Waals surface area contributed by atoms with Crippen molar-refractivity contribution < 1.29 is 9.53 Å². The van der Waals surface area contributed by atoms with E-state index in [9.17, 15) is 4.79 Å². The minimum Gasteiger partial charge on any atom is -0.489 e. The Hall–Kier alpha value is -1.80. The van der Waals surface area contributed by atoms with Crippen LogP contribution >= 0.6 is 11.6 Å². The number of carbonyl (C=O) groups excluding carboxylic acids is 1. The van der Waals surface area contributed by atoms with Gasteiger partial charge in [0.2, 0.25) is 0 Å². The maximum Gasteiger partial charge on any atom is 0.154 e. The van der Waals surface area contributed by atoms with E-state index < -0.39 is 0 Å². The third-order valence-corrected chi connectivity index (χ3v) is 3.03. The van der Waals surface area contributed by atoms with Crippen LogP contribution in [0.15, 0.2) is 43.0 Å². The van der Waals surface area contributed by atoms with Crippen LogP contribution in [0.3, 0.4) is 0 Å². The van der Waals surface area contributed by atoms with Crippen molar-refractivity contribution in [2.75, 3.05) is 6.61 Å². The molecule has 2 rings (SSSR count). The fourth-order valence-electron chi connectivity index (χ4n) is 1.85. The van der Waals surface area contributed by atoms with Gasteiger partial charge in [-0.25, -0.2) is 0 Å². The molecule has 0 aliphatic rings. The van der Waals surface area contributed by atoms with E-state index in [1.165, 1.54) is 0 Å². The van der Waals surface area contributed by atoms with Crippen molar-refractivity contribution in [2.45, 2.75) is 5.88 Å². The molecule has 0 atom stereocenters. The number of fused-ring (bicyclic) bond motifs is 1. The van der Waals surface area contributed by atoms with Gasteiger partial charge in [0, 0.05) is 5.88 Å². The maximum atomic E-state index is 11.3. The van der Waals surface area contributed by atoms with Gasteiger partial charge in [-0.2, -0.15) is 0 Å². The van der Waals surface area contributed by atoms with Gasteiger partial charge in [0.05, 0.1) is 5.56 Å². The predicted octanol–water partition coefficient (Wildman–Crippen LogP) is 3.96. The number of benzene rings is 2. The minimum atomic E-state index is 0.377. The quantitative estimate of drug-likeness (QED) is 0.462. The van der Waals surface area contributed by atoms with Crippen LogP contribution in [-0.2, 0) is 5.88 Å². The molecule has 3 heteroatoms. The van der Waals surface area contributed by atoms with Crippen LogP contribution in [0.1, 0.15) is 15.9 Å². The average Bonchev–Trinajstić information content (AvgIpc) is 2.43. The maximum absolute atomic E-state index is 11.3. The van der Waals surface area contributed by atoms with Crippen molar-refractivity contribution >= 4 is 28.7 Å². The minimum absolute atomic E-state index is 0.377. The second-order valence-electron chi connectivity index (χ2n) is 3.88. The van der Waals surface area contributed by atoms with Crippen molar-refractivity contribution in [2.24, 2.45) is 0 Å². The number of hydrogen-bond donors (Lipinski definition) is 0. The molecule has 0 aliphatic carbocycles. The number of ether oxygens (including phenoxy) is 1. The molecule has 18 heavy (non-hydrogen) atoms. The number of carbonyl (C=O) groups is 1. The highest BCUT2D eigenvalue weighted by Gasteiger charge is 2.08. The molecule has 2 aromatic rings. The van der Waals surface area contributed by atoms with Crippen LogP contribution in [0, 0.1) is 0 Å². The summed E-state index contributed by atoms with van der Waals surface area (Å²) in [6, 6.07) is 9.56. The smallest absolute Gasteiger partial charge is 0.154 e. The summed E-state index contributed by atoms with van der Waals surface area (Å²) in [4.78, 5) is 11.3. The number of hydrogen-bond acceptors (Lipinski definition) is 2. The van der Waals surface area contributed by atoms with Crippen molar-refractivity contribution in [3.8, 4) is 5.75 Å². The van der Waals surface area contributed by atoms with Crippen LogP contribution in [-0.4, -0.2) is 12.9 Å². The fraction of sp³-hybridized carbons (Fsp3) is 0.133. The van der Waals surface area contributed by atoms with Crippen LogP contribution in [0.4, 0.5) is 0 Å². The molecule has 0 saturated heterocycles. The van der Waals surface area contributed by atoms with Crippen LogP contribution in [0.25, 0.3) is 10.8 Å². The molecule has 0 saturated carbocycles.